The van der Waals surface area contributed by atoms with Gasteiger partial charge < -0.3 is 14.1 Å². The molecule has 1 atom stereocenters. The van der Waals surface area contributed by atoms with Crippen LogP contribution in [0.5, 0.6) is 0 Å². The van der Waals surface area contributed by atoms with Crippen LogP contribution < -0.4 is 4.90 Å². The summed E-state index contributed by atoms with van der Waals surface area (Å²) in [5, 5.41) is 0.517. The van der Waals surface area contributed by atoms with Crippen LogP contribution in [0.15, 0.2) is 28.9 Å². The van der Waals surface area contributed by atoms with Crippen molar-refractivity contribution in [3.8, 4) is 0 Å². The lowest BCUT2D eigenvalue weighted by molar-refractivity contribution is 0.0255. The van der Waals surface area contributed by atoms with Gasteiger partial charge in [0.15, 0.2) is 0 Å². The third-order valence-corrected chi connectivity index (χ3v) is 4.09. The van der Waals surface area contributed by atoms with Crippen LogP contribution in [0.2, 0.25) is 5.15 Å². The lowest BCUT2D eigenvalue weighted by Gasteiger charge is -2.33. The highest BCUT2D eigenvalue weighted by Gasteiger charge is 2.29. The average molecular weight is 306 g/mol. The summed E-state index contributed by atoms with van der Waals surface area (Å²) in [6.07, 6.45) is 3.94. The molecule has 1 saturated heterocycles. The Morgan fingerprint density at radius 3 is 2.95 bits per heavy atom. The second kappa shape index (κ2) is 5.31. The quantitative estimate of drug-likeness (QED) is 0.815. The van der Waals surface area contributed by atoms with E-state index in [0.717, 1.165) is 36.8 Å². The monoisotopic (exact) mass is 305 g/mol. The maximum atomic E-state index is 6.15. The highest BCUT2D eigenvalue weighted by molar-refractivity contribution is 6.29. The van der Waals surface area contributed by atoms with Crippen molar-refractivity contribution >= 4 is 17.4 Å². The largest absolute Gasteiger partial charge is 0.467 e. The minimum absolute atomic E-state index is 0.0631. The van der Waals surface area contributed by atoms with E-state index in [1.54, 1.807) is 6.26 Å². The fraction of sp³-hybridized carbons (Fsp3) is 0.467. The smallest absolute Gasteiger partial charge is 0.135 e. The maximum Gasteiger partial charge on any atom is 0.135 e. The molecule has 0 bridgehead atoms. The summed E-state index contributed by atoms with van der Waals surface area (Å²) in [6.45, 7) is 2.16. The zero-order valence-electron chi connectivity index (χ0n) is 11.5. The number of hydrogen-bond donors (Lipinski definition) is 0. The molecule has 4 rings (SSSR count). The molecule has 21 heavy (non-hydrogen) atoms. The van der Waals surface area contributed by atoms with Crippen molar-refractivity contribution in [2.24, 2.45) is 0 Å². The first-order chi connectivity index (χ1) is 10.3. The molecule has 2 aromatic rings. The van der Waals surface area contributed by atoms with Crippen LogP contribution in [0.3, 0.4) is 0 Å². The zero-order valence-corrected chi connectivity index (χ0v) is 12.3. The molecule has 1 aliphatic heterocycles. The topological polar surface area (TPSA) is 51.4 Å². The summed E-state index contributed by atoms with van der Waals surface area (Å²) in [4.78, 5) is 11.2. The zero-order chi connectivity index (χ0) is 14.2. The van der Waals surface area contributed by atoms with Crippen molar-refractivity contribution in [2.75, 3.05) is 24.6 Å². The standard InChI is InChI=1S/C15H16ClN3O2/c16-13-8-14(18-15(17-13)10-3-4-10)19-5-7-21-12(9-19)11-2-1-6-20-11/h1-2,6,8,10,12H,3-5,7,9H2. The van der Waals surface area contributed by atoms with Gasteiger partial charge in [0.05, 0.1) is 19.4 Å². The third-order valence-electron chi connectivity index (χ3n) is 3.89. The van der Waals surface area contributed by atoms with Gasteiger partial charge in [-0.05, 0) is 25.0 Å². The van der Waals surface area contributed by atoms with Crippen LogP contribution >= 0.6 is 11.6 Å². The molecule has 5 nitrogen and oxygen atoms in total. The lowest BCUT2D eigenvalue weighted by atomic mass is 10.2. The number of morpholine rings is 1. The molecular weight excluding hydrogens is 290 g/mol. The van der Waals surface area contributed by atoms with E-state index in [0.29, 0.717) is 24.2 Å². The second-order valence-corrected chi connectivity index (χ2v) is 5.89. The van der Waals surface area contributed by atoms with Gasteiger partial charge in [0.2, 0.25) is 0 Å². The first kappa shape index (κ1) is 13.1. The van der Waals surface area contributed by atoms with Crippen molar-refractivity contribution in [3.63, 3.8) is 0 Å². The van der Waals surface area contributed by atoms with Crippen LogP contribution in [0, 0.1) is 0 Å². The van der Waals surface area contributed by atoms with Crippen LogP contribution in [0.4, 0.5) is 5.82 Å². The Labute approximate surface area is 127 Å². The molecule has 1 aliphatic carbocycles. The molecule has 3 heterocycles. The van der Waals surface area contributed by atoms with Crippen LogP contribution in [0.25, 0.3) is 0 Å². The molecular formula is C15H16ClN3O2. The first-order valence-electron chi connectivity index (χ1n) is 7.24. The molecule has 0 aromatic carbocycles. The molecule has 110 valence electrons. The van der Waals surface area contributed by atoms with Crippen LogP contribution in [-0.2, 0) is 4.74 Å². The lowest BCUT2D eigenvalue weighted by Crippen LogP contribution is -2.38. The van der Waals surface area contributed by atoms with Crippen LogP contribution in [-0.4, -0.2) is 29.7 Å². The molecule has 1 saturated carbocycles. The van der Waals surface area contributed by atoms with Crippen LogP contribution in [0.1, 0.15) is 36.4 Å². The Balaban J connectivity index is 1.57. The van der Waals surface area contributed by atoms with Crippen molar-refractivity contribution in [1.82, 2.24) is 9.97 Å². The molecule has 0 N–H and O–H groups in total. The predicted octanol–water partition coefficient (Wildman–Crippen LogP) is 3.18. The summed E-state index contributed by atoms with van der Waals surface area (Å²) in [5.74, 6) is 3.10. The molecule has 6 heteroatoms. The Kier molecular flexibility index (Phi) is 3.31. The van der Waals surface area contributed by atoms with Crippen molar-refractivity contribution in [1.29, 1.82) is 0 Å². The average Bonchev–Trinajstić information content (AvgIpc) is 3.22. The number of furan rings is 1. The van der Waals surface area contributed by atoms with Gasteiger partial charge in [-0.2, -0.15) is 0 Å². The SMILES string of the molecule is Clc1cc(N2CCOC(c3ccco3)C2)nc(C2CC2)n1. The molecule has 0 radical (unpaired) electrons. The normalized spacial score (nSPS) is 22.5. The van der Waals surface area contributed by atoms with Gasteiger partial charge in [0, 0.05) is 18.5 Å². The van der Waals surface area contributed by atoms with E-state index in [1.165, 1.54) is 0 Å². The van der Waals surface area contributed by atoms with Gasteiger partial charge in [0.25, 0.3) is 0 Å². The highest BCUT2D eigenvalue weighted by atomic mass is 35.5. The summed E-state index contributed by atoms with van der Waals surface area (Å²) < 4.78 is 11.2. The maximum absolute atomic E-state index is 6.15. The molecule has 0 amide bonds. The number of hydrogen-bond acceptors (Lipinski definition) is 5. The van der Waals surface area contributed by atoms with E-state index in [2.05, 4.69) is 14.9 Å². The van der Waals surface area contributed by atoms with Gasteiger partial charge in [-0.15, -0.1) is 0 Å². The number of nitrogens with zero attached hydrogens (tertiary/aromatic N) is 3. The Morgan fingerprint density at radius 2 is 2.19 bits per heavy atom. The van der Waals surface area contributed by atoms with Gasteiger partial charge >= 0.3 is 0 Å². The fourth-order valence-electron chi connectivity index (χ4n) is 2.61. The summed E-state index contributed by atoms with van der Waals surface area (Å²) in [6, 6.07) is 5.65. The molecule has 1 unspecified atom stereocenters. The number of aromatic nitrogens is 2. The Bertz CT molecular complexity index is 628. The van der Waals surface area contributed by atoms with E-state index in [1.807, 2.05) is 18.2 Å². The number of ether oxygens (including phenoxy) is 1. The second-order valence-electron chi connectivity index (χ2n) is 5.50. The van der Waals surface area contributed by atoms with E-state index < -0.39 is 0 Å². The fourth-order valence-corrected chi connectivity index (χ4v) is 2.80. The van der Waals surface area contributed by atoms with E-state index in [4.69, 9.17) is 20.8 Å². The minimum atomic E-state index is -0.0631. The van der Waals surface area contributed by atoms with Crippen molar-refractivity contribution in [2.45, 2.75) is 24.9 Å². The van der Waals surface area contributed by atoms with E-state index in [9.17, 15) is 0 Å². The van der Waals surface area contributed by atoms with Gasteiger partial charge in [0.1, 0.15) is 28.7 Å². The predicted molar refractivity (Wildman–Crippen MR) is 78.6 cm³/mol. The third kappa shape index (κ3) is 2.76. The number of anilines is 1. The Hall–Kier alpha value is -1.59. The molecule has 2 aromatic heterocycles. The highest BCUT2D eigenvalue weighted by Crippen LogP contribution is 2.39. The Morgan fingerprint density at radius 1 is 1.29 bits per heavy atom. The molecule has 2 fully saturated rings. The van der Waals surface area contributed by atoms with E-state index >= 15 is 0 Å². The number of halogens is 1. The summed E-state index contributed by atoms with van der Waals surface area (Å²) in [7, 11) is 0. The molecule has 2 aliphatic rings. The van der Waals surface area contributed by atoms with Crippen molar-refractivity contribution in [3.05, 3.63) is 41.2 Å². The van der Waals surface area contributed by atoms with Gasteiger partial charge in [-0.1, -0.05) is 11.6 Å². The molecule has 0 spiro atoms. The minimum Gasteiger partial charge on any atom is -0.467 e. The number of rotatable bonds is 3. The first-order valence-corrected chi connectivity index (χ1v) is 7.62. The van der Waals surface area contributed by atoms with Gasteiger partial charge in [-0.3, -0.25) is 0 Å². The van der Waals surface area contributed by atoms with Gasteiger partial charge in [-0.25, -0.2) is 9.97 Å². The summed E-state index contributed by atoms with van der Waals surface area (Å²) >= 11 is 6.15. The van der Waals surface area contributed by atoms with E-state index in [-0.39, 0.29) is 6.10 Å². The van der Waals surface area contributed by atoms with Crippen molar-refractivity contribution < 1.29 is 9.15 Å². The summed E-state index contributed by atoms with van der Waals surface area (Å²) in [5.41, 5.74) is 0.